The fourth-order valence-electron chi connectivity index (χ4n) is 1.47. The quantitative estimate of drug-likeness (QED) is 0.552. The lowest BCUT2D eigenvalue weighted by molar-refractivity contribution is 0.137. The Morgan fingerprint density at radius 1 is 0.929 bits per heavy atom. The Kier molecular flexibility index (Phi) is 10.9. The van der Waals surface area contributed by atoms with Crippen LogP contribution in [0.4, 0.5) is 0 Å². The number of hydrogen-bond acceptors (Lipinski definition) is 2. The summed E-state index contributed by atoms with van der Waals surface area (Å²) in [5.41, 5.74) is 5.31. The number of hydrogen-bond donors (Lipinski definition) is 1. The van der Waals surface area contributed by atoms with Gasteiger partial charge in [0.1, 0.15) is 0 Å². The predicted octanol–water partition coefficient (Wildman–Crippen LogP) is 2.96. The molecule has 0 bridgehead atoms. The van der Waals surface area contributed by atoms with E-state index >= 15 is 0 Å². The smallest absolute Gasteiger partial charge is 0.0588 e. The van der Waals surface area contributed by atoms with Crippen LogP contribution in [0.25, 0.3) is 0 Å². The summed E-state index contributed by atoms with van der Waals surface area (Å²) in [6.45, 7) is 6.84. The molecule has 0 saturated heterocycles. The first-order chi connectivity index (χ1) is 6.77. The molecule has 0 aromatic rings. The Morgan fingerprint density at radius 3 is 2.21 bits per heavy atom. The van der Waals surface area contributed by atoms with E-state index in [0.29, 0.717) is 13.2 Å². The zero-order chi connectivity index (χ0) is 10.6. The van der Waals surface area contributed by atoms with Gasteiger partial charge in [-0.05, 0) is 12.3 Å². The molecule has 0 amide bonds. The molecule has 86 valence electrons. The van der Waals surface area contributed by atoms with Crippen LogP contribution < -0.4 is 5.73 Å². The maximum atomic E-state index is 5.31. The summed E-state index contributed by atoms with van der Waals surface area (Å²) in [6.07, 6.45) is 8.02. The van der Waals surface area contributed by atoms with Gasteiger partial charge in [0.2, 0.25) is 0 Å². The van der Waals surface area contributed by atoms with E-state index < -0.39 is 0 Å². The highest BCUT2D eigenvalue weighted by Gasteiger charge is 1.94. The summed E-state index contributed by atoms with van der Waals surface area (Å²) < 4.78 is 5.30. The number of unbranched alkanes of at least 4 members (excludes halogenated alkanes) is 4. The average molecular weight is 201 g/mol. The van der Waals surface area contributed by atoms with E-state index in [1.54, 1.807) is 0 Å². The zero-order valence-corrected chi connectivity index (χ0v) is 9.93. The van der Waals surface area contributed by atoms with Gasteiger partial charge in [-0.3, -0.25) is 0 Å². The monoisotopic (exact) mass is 201 g/mol. The van der Waals surface area contributed by atoms with Crippen molar-refractivity contribution in [2.24, 2.45) is 11.7 Å². The minimum absolute atomic E-state index is 0.647. The lowest BCUT2D eigenvalue weighted by Crippen LogP contribution is -2.08. The van der Waals surface area contributed by atoms with Gasteiger partial charge in [0, 0.05) is 13.2 Å². The van der Waals surface area contributed by atoms with E-state index in [0.717, 1.165) is 12.5 Å². The van der Waals surface area contributed by atoms with Gasteiger partial charge in [0.15, 0.2) is 0 Å². The topological polar surface area (TPSA) is 35.2 Å². The largest absolute Gasteiger partial charge is 0.380 e. The van der Waals surface area contributed by atoms with Crippen LogP contribution in [0.3, 0.4) is 0 Å². The SMILES string of the molecule is CC(C)CCCCCCCOCCN. The molecule has 0 spiro atoms. The Balaban J connectivity index is 2.85. The molecule has 2 N–H and O–H groups in total. The molecule has 14 heavy (non-hydrogen) atoms. The number of rotatable bonds is 10. The van der Waals surface area contributed by atoms with E-state index in [2.05, 4.69) is 13.8 Å². The number of ether oxygens (including phenoxy) is 1. The Bertz CT molecular complexity index is 104. The normalized spacial score (nSPS) is 11.1. The third-order valence-electron chi connectivity index (χ3n) is 2.33. The first-order valence-corrected chi connectivity index (χ1v) is 6.05. The third kappa shape index (κ3) is 11.9. The van der Waals surface area contributed by atoms with Crippen molar-refractivity contribution in [3.8, 4) is 0 Å². The van der Waals surface area contributed by atoms with Gasteiger partial charge in [-0.1, -0.05) is 46.0 Å². The zero-order valence-electron chi connectivity index (χ0n) is 9.93. The summed E-state index contributed by atoms with van der Waals surface area (Å²) in [5, 5.41) is 0. The minimum atomic E-state index is 0.647. The maximum Gasteiger partial charge on any atom is 0.0588 e. The van der Waals surface area contributed by atoms with Gasteiger partial charge in [-0.2, -0.15) is 0 Å². The van der Waals surface area contributed by atoms with Crippen molar-refractivity contribution >= 4 is 0 Å². The van der Waals surface area contributed by atoms with E-state index in [-0.39, 0.29) is 0 Å². The van der Waals surface area contributed by atoms with Crippen molar-refractivity contribution in [3.63, 3.8) is 0 Å². The molecule has 0 aromatic heterocycles. The Labute approximate surface area is 89.2 Å². The summed E-state index contributed by atoms with van der Waals surface area (Å²) in [6, 6.07) is 0. The van der Waals surface area contributed by atoms with Crippen LogP contribution in [-0.2, 0) is 4.74 Å². The van der Waals surface area contributed by atoms with E-state index in [1.807, 2.05) is 0 Å². The molecule has 0 heterocycles. The van der Waals surface area contributed by atoms with Gasteiger partial charge >= 0.3 is 0 Å². The molecule has 0 aliphatic rings. The molecule has 0 rings (SSSR count). The molecule has 0 saturated carbocycles. The molecular formula is C12H27NO. The molecule has 0 aliphatic carbocycles. The van der Waals surface area contributed by atoms with E-state index in [9.17, 15) is 0 Å². The van der Waals surface area contributed by atoms with Crippen LogP contribution in [0.1, 0.15) is 52.4 Å². The molecule has 0 aliphatic heterocycles. The van der Waals surface area contributed by atoms with Crippen LogP contribution in [0.2, 0.25) is 0 Å². The van der Waals surface area contributed by atoms with Crippen LogP contribution in [-0.4, -0.2) is 19.8 Å². The summed E-state index contributed by atoms with van der Waals surface area (Å²) >= 11 is 0. The van der Waals surface area contributed by atoms with Crippen molar-refractivity contribution in [1.82, 2.24) is 0 Å². The van der Waals surface area contributed by atoms with E-state index in [4.69, 9.17) is 10.5 Å². The highest BCUT2D eigenvalue weighted by Crippen LogP contribution is 2.10. The molecule has 0 aromatic carbocycles. The van der Waals surface area contributed by atoms with Gasteiger partial charge in [0.25, 0.3) is 0 Å². The summed E-state index contributed by atoms with van der Waals surface area (Å²) in [5.74, 6) is 0.864. The van der Waals surface area contributed by atoms with Crippen molar-refractivity contribution in [3.05, 3.63) is 0 Å². The molecule has 0 fully saturated rings. The minimum Gasteiger partial charge on any atom is -0.380 e. The second kappa shape index (κ2) is 11.0. The van der Waals surface area contributed by atoms with Crippen molar-refractivity contribution < 1.29 is 4.74 Å². The Hall–Kier alpha value is -0.0800. The van der Waals surface area contributed by atoms with Gasteiger partial charge in [-0.25, -0.2) is 0 Å². The first kappa shape index (κ1) is 13.9. The van der Waals surface area contributed by atoms with Crippen molar-refractivity contribution in [1.29, 1.82) is 0 Å². The molecule has 2 heteroatoms. The van der Waals surface area contributed by atoms with Crippen LogP contribution in [0.15, 0.2) is 0 Å². The fraction of sp³-hybridized carbons (Fsp3) is 1.00. The number of nitrogens with two attached hydrogens (primary N) is 1. The molecule has 2 nitrogen and oxygen atoms in total. The highest BCUT2D eigenvalue weighted by molar-refractivity contribution is 4.48. The fourth-order valence-corrected chi connectivity index (χ4v) is 1.47. The molecule has 0 atom stereocenters. The van der Waals surface area contributed by atoms with Gasteiger partial charge < -0.3 is 10.5 Å². The predicted molar refractivity (Wildman–Crippen MR) is 62.4 cm³/mol. The highest BCUT2D eigenvalue weighted by atomic mass is 16.5. The van der Waals surface area contributed by atoms with Gasteiger partial charge in [0.05, 0.1) is 6.61 Å². The molecular weight excluding hydrogens is 174 g/mol. The third-order valence-corrected chi connectivity index (χ3v) is 2.33. The summed E-state index contributed by atoms with van der Waals surface area (Å²) in [4.78, 5) is 0. The van der Waals surface area contributed by atoms with Crippen molar-refractivity contribution in [2.75, 3.05) is 19.8 Å². The summed E-state index contributed by atoms with van der Waals surface area (Å²) in [7, 11) is 0. The standard InChI is InChI=1S/C12H27NO/c1-12(2)8-6-4-3-5-7-10-14-11-9-13/h12H,3-11,13H2,1-2H3. The lowest BCUT2D eigenvalue weighted by atomic mass is 10.0. The van der Waals surface area contributed by atoms with Gasteiger partial charge in [-0.15, -0.1) is 0 Å². The molecule has 0 unspecified atom stereocenters. The molecule has 0 radical (unpaired) electrons. The van der Waals surface area contributed by atoms with Crippen molar-refractivity contribution in [2.45, 2.75) is 52.4 Å². The average Bonchev–Trinajstić information content (AvgIpc) is 2.15. The first-order valence-electron chi connectivity index (χ1n) is 6.05. The van der Waals surface area contributed by atoms with Crippen LogP contribution >= 0.6 is 0 Å². The van der Waals surface area contributed by atoms with E-state index in [1.165, 1.54) is 38.5 Å². The lowest BCUT2D eigenvalue weighted by Gasteiger charge is -2.04. The second-order valence-corrected chi connectivity index (χ2v) is 4.35. The second-order valence-electron chi connectivity index (χ2n) is 4.35. The van der Waals surface area contributed by atoms with Crippen LogP contribution in [0.5, 0.6) is 0 Å². The van der Waals surface area contributed by atoms with Crippen LogP contribution in [0, 0.1) is 5.92 Å². The Morgan fingerprint density at radius 2 is 1.57 bits per heavy atom. The maximum absolute atomic E-state index is 5.31.